The number of rotatable bonds is 27. The van der Waals surface area contributed by atoms with Crippen molar-refractivity contribution in [2.75, 3.05) is 0 Å². The van der Waals surface area contributed by atoms with Crippen molar-refractivity contribution in [3.05, 3.63) is 303 Å². The first-order chi connectivity index (χ1) is 39.8. The summed E-state index contributed by atoms with van der Waals surface area (Å²) in [6.45, 7) is 7.94. The molecule has 0 amide bonds. The minimum absolute atomic E-state index is 0.401. The van der Waals surface area contributed by atoms with E-state index in [2.05, 4.69) is 257 Å². The van der Waals surface area contributed by atoms with Crippen molar-refractivity contribution in [1.82, 2.24) is 0 Å². The summed E-state index contributed by atoms with van der Waals surface area (Å²) >= 11 is 11.1. The van der Waals surface area contributed by atoms with Gasteiger partial charge in [-0.1, -0.05) is 127 Å². The van der Waals surface area contributed by atoms with E-state index in [-0.39, 0.29) is 0 Å². The fourth-order valence-electron chi connectivity index (χ4n) is 9.54. The summed E-state index contributed by atoms with van der Waals surface area (Å²) < 4.78 is 21.1. The molecule has 0 heterocycles. The van der Waals surface area contributed by atoms with Crippen molar-refractivity contribution in [1.29, 1.82) is 0 Å². The molecule has 0 aliphatic carbocycles. The lowest BCUT2D eigenvalue weighted by Crippen LogP contribution is -2.13. The monoisotopic (exact) mass is 1170 g/mol. The Labute approximate surface area is 505 Å². The Hall–Kier alpha value is -6.30. The molecule has 0 atom stereocenters. The van der Waals surface area contributed by atoms with E-state index in [1.807, 2.05) is 70.6 Å². The molecule has 0 aliphatic rings. The third-order valence-electron chi connectivity index (χ3n) is 13.8. The van der Waals surface area contributed by atoms with Crippen molar-refractivity contribution in [3.8, 4) is 17.2 Å². The largest absolute Gasteiger partial charge is 0.489 e. The van der Waals surface area contributed by atoms with Gasteiger partial charge in [0.2, 0.25) is 0 Å². The van der Waals surface area contributed by atoms with Crippen LogP contribution in [0.2, 0.25) is 0 Å². The van der Waals surface area contributed by atoms with Gasteiger partial charge in [0.25, 0.3) is 0 Å². The summed E-state index contributed by atoms with van der Waals surface area (Å²) in [5, 5.41) is 0. The van der Waals surface area contributed by atoms with Gasteiger partial charge in [-0.25, -0.2) is 0 Å². The number of ether oxygens (including phenoxy) is 3. The lowest BCUT2D eigenvalue weighted by Gasteiger charge is -2.24. The third kappa shape index (κ3) is 17.6. The van der Waals surface area contributed by atoms with Crippen molar-refractivity contribution in [3.63, 3.8) is 0 Å². The molecule has 0 fully saturated rings. The van der Waals surface area contributed by atoms with Crippen LogP contribution in [-0.4, -0.2) is 0 Å². The zero-order chi connectivity index (χ0) is 55.4. The van der Waals surface area contributed by atoms with Crippen LogP contribution >= 0.6 is 70.6 Å². The van der Waals surface area contributed by atoms with Crippen LogP contribution in [0.15, 0.2) is 266 Å². The Bertz CT molecular complexity index is 2980. The molecule has 3 nitrogen and oxygen atoms in total. The van der Waals surface area contributed by atoms with Gasteiger partial charge < -0.3 is 14.2 Å². The highest BCUT2D eigenvalue weighted by atomic mass is 32.2. The molecule has 0 unspecified atom stereocenters. The van der Waals surface area contributed by atoms with Crippen molar-refractivity contribution >= 4 is 70.6 Å². The minimum atomic E-state index is 0.401. The van der Waals surface area contributed by atoms with E-state index in [1.54, 1.807) is 0 Å². The Kier molecular flexibility index (Phi) is 21.5. The molecule has 0 aliphatic heterocycles. The van der Waals surface area contributed by atoms with Gasteiger partial charge in [-0.15, -0.1) is 70.6 Å². The van der Waals surface area contributed by atoms with E-state index in [0.717, 1.165) is 68.5 Å². The maximum Gasteiger partial charge on any atom is 0.120 e. The standard InChI is InChI=1S/C72H66O3S6/c1-52-70(43-73-61-37-55(46-76-64-22-10-4-11-23-64)34-56(38-61)47-77-65-24-12-5-13-25-65)53(2)72(45-75-63-41-59(50-80-68-30-18-8-19-31-68)36-60(42-63)51-81-69-32-20-9-21-33-69)54(3)71(52)44-74-62-39-57(48-78-66-26-14-6-15-27-66)35-58(40-62)49-79-67-28-16-7-17-29-67/h4-42H,43-51H2,1-3H3. The SMILES string of the molecule is Cc1c(COc2cc(CSc3ccccc3)cc(CSc3ccccc3)c2)c(C)c(COc2cc(CSc3ccccc3)cc(CSc3ccccc3)c2)c(C)c1COc1cc(CSc2ccccc2)cc(CSc2ccccc2)c1. The first-order valence-electron chi connectivity index (χ1n) is 27.3. The highest BCUT2D eigenvalue weighted by Crippen LogP contribution is 2.36. The van der Waals surface area contributed by atoms with Crippen LogP contribution in [0.1, 0.15) is 66.8 Å². The molecular weight excluding hydrogens is 1110 g/mol. The van der Waals surface area contributed by atoms with Gasteiger partial charge in [0.05, 0.1) is 0 Å². The van der Waals surface area contributed by atoms with E-state index in [0.29, 0.717) is 19.8 Å². The molecule has 0 aromatic heterocycles. The molecule has 81 heavy (non-hydrogen) atoms. The summed E-state index contributed by atoms with van der Waals surface area (Å²) in [5.41, 5.74) is 14.4. The fraction of sp³-hybridized carbons (Fsp3) is 0.167. The Morgan fingerprint density at radius 1 is 0.235 bits per heavy atom. The Balaban J connectivity index is 0.964. The summed E-state index contributed by atoms with van der Waals surface area (Å²) in [6, 6.07) is 84.3. The van der Waals surface area contributed by atoms with Crippen LogP contribution in [0.3, 0.4) is 0 Å². The van der Waals surface area contributed by atoms with Crippen LogP contribution < -0.4 is 14.2 Å². The van der Waals surface area contributed by atoms with Crippen LogP contribution in [0, 0.1) is 20.8 Å². The smallest absolute Gasteiger partial charge is 0.120 e. The molecule has 0 radical (unpaired) electrons. The molecule has 9 heteroatoms. The summed E-state index contributed by atoms with van der Waals surface area (Å²) in [7, 11) is 0. The van der Waals surface area contributed by atoms with Gasteiger partial charge in [0, 0.05) is 63.9 Å². The molecule has 10 aromatic carbocycles. The fourth-order valence-corrected chi connectivity index (χ4v) is 14.6. The molecular formula is C72H66O3S6. The van der Waals surface area contributed by atoms with E-state index >= 15 is 0 Å². The van der Waals surface area contributed by atoms with Crippen LogP contribution in [0.5, 0.6) is 17.2 Å². The van der Waals surface area contributed by atoms with Gasteiger partial charge >= 0.3 is 0 Å². The molecule has 0 bridgehead atoms. The first kappa shape index (κ1) is 57.9. The molecule has 0 saturated carbocycles. The maximum atomic E-state index is 7.02. The number of hydrogen-bond acceptors (Lipinski definition) is 9. The zero-order valence-corrected chi connectivity index (χ0v) is 51.0. The average molecular weight is 1170 g/mol. The normalized spacial score (nSPS) is 11.1. The van der Waals surface area contributed by atoms with Crippen LogP contribution in [0.25, 0.3) is 0 Å². The Morgan fingerprint density at radius 2 is 0.407 bits per heavy atom. The molecule has 0 N–H and O–H groups in total. The van der Waals surface area contributed by atoms with Crippen molar-refractivity contribution in [2.45, 2.75) is 104 Å². The van der Waals surface area contributed by atoms with E-state index in [1.165, 1.54) is 79.4 Å². The van der Waals surface area contributed by atoms with Gasteiger partial charge in [-0.2, -0.15) is 0 Å². The van der Waals surface area contributed by atoms with Crippen molar-refractivity contribution < 1.29 is 14.2 Å². The lowest BCUT2D eigenvalue weighted by atomic mass is 9.89. The van der Waals surface area contributed by atoms with E-state index in [9.17, 15) is 0 Å². The predicted molar refractivity (Wildman–Crippen MR) is 349 cm³/mol. The third-order valence-corrected chi connectivity index (χ3v) is 20.3. The zero-order valence-electron chi connectivity index (χ0n) is 46.1. The summed E-state index contributed by atoms with van der Waals surface area (Å²) in [5.74, 6) is 7.66. The molecule has 0 saturated heterocycles. The number of benzene rings is 10. The van der Waals surface area contributed by atoms with Crippen LogP contribution in [0.4, 0.5) is 0 Å². The second-order valence-electron chi connectivity index (χ2n) is 19.7. The highest BCUT2D eigenvalue weighted by Gasteiger charge is 2.20. The summed E-state index contributed by atoms with van der Waals surface area (Å²) in [4.78, 5) is 7.50. The number of thioether (sulfide) groups is 6. The quantitative estimate of drug-likeness (QED) is 0.0467. The minimum Gasteiger partial charge on any atom is -0.489 e. The molecule has 408 valence electrons. The van der Waals surface area contributed by atoms with Crippen molar-refractivity contribution in [2.24, 2.45) is 0 Å². The highest BCUT2D eigenvalue weighted by molar-refractivity contribution is 7.99. The maximum absolute atomic E-state index is 7.02. The number of hydrogen-bond donors (Lipinski definition) is 0. The van der Waals surface area contributed by atoms with Gasteiger partial charge in [-0.3, -0.25) is 0 Å². The van der Waals surface area contributed by atoms with E-state index in [4.69, 9.17) is 14.2 Å². The molecule has 10 rings (SSSR count). The lowest BCUT2D eigenvalue weighted by molar-refractivity contribution is 0.289. The van der Waals surface area contributed by atoms with Crippen LogP contribution in [-0.2, 0) is 54.3 Å². The Morgan fingerprint density at radius 3 is 0.580 bits per heavy atom. The summed E-state index contributed by atoms with van der Waals surface area (Å²) in [6.07, 6.45) is 0. The molecule has 0 spiro atoms. The average Bonchev–Trinajstić information content (AvgIpc) is 3.51. The molecule has 10 aromatic rings. The predicted octanol–water partition coefficient (Wildman–Crippen LogP) is 21.1. The second-order valence-corrected chi connectivity index (χ2v) is 26.0. The van der Waals surface area contributed by atoms with E-state index < -0.39 is 0 Å². The van der Waals surface area contributed by atoms with Gasteiger partial charge in [-0.05, 0) is 197 Å². The van der Waals surface area contributed by atoms with Gasteiger partial charge in [0.15, 0.2) is 0 Å². The second kappa shape index (κ2) is 30.1. The first-order valence-corrected chi connectivity index (χ1v) is 33.2. The van der Waals surface area contributed by atoms with Gasteiger partial charge in [0.1, 0.15) is 37.1 Å². The topological polar surface area (TPSA) is 27.7 Å².